The van der Waals surface area contributed by atoms with Gasteiger partial charge in [0.2, 0.25) is 0 Å². The zero-order valence-electron chi connectivity index (χ0n) is 16.5. The van der Waals surface area contributed by atoms with Crippen LogP contribution in [0.4, 0.5) is 0 Å². The Kier molecular flexibility index (Phi) is 5.40. The van der Waals surface area contributed by atoms with Crippen molar-refractivity contribution < 1.29 is 4.79 Å². The third-order valence-electron chi connectivity index (χ3n) is 4.76. The minimum Gasteiger partial charge on any atom is -0.340 e. The van der Waals surface area contributed by atoms with E-state index in [-0.39, 0.29) is 17.9 Å². The summed E-state index contributed by atoms with van der Waals surface area (Å²) in [6.45, 7) is 8.25. The van der Waals surface area contributed by atoms with Crippen molar-refractivity contribution in [2.24, 2.45) is 7.05 Å². The molecule has 0 bridgehead atoms. The molecule has 0 aliphatic rings. The molecule has 1 amide bonds. The third kappa shape index (κ3) is 4.08. The fraction of sp³-hybridized carbons (Fsp3) is 0.318. The number of pyridine rings is 1. The number of nitrogens with zero attached hydrogens (tertiary/aromatic N) is 3. The molecule has 3 rings (SSSR count). The van der Waals surface area contributed by atoms with E-state index < -0.39 is 0 Å². The van der Waals surface area contributed by atoms with Gasteiger partial charge in [-0.3, -0.25) is 14.5 Å². The average molecular weight is 362 g/mol. The van der Waals surface area contributed by atoms with E-state index in [0.717, 1.165) is 27.9 Å². The number of aromatic nitrogens is 3. The largest absolute Gasteiger partial charge is 0.340 e. The van der Waals surface area contributed by atoms with Gasteiger partial charge in [-0.05, 0) is 48.6 Å². The molecule has 27 heavy (non-hydrogen) atoms. The number of carbonyl (C=O) groups is 1. The van der Waals surface area contributed by atoms with E-state index in [1.165, 1.54) is 0 Å². The van der Waals surface area contributed by atoms with E-state index >= 15 is 0 Å². The Morgan fingerprint density at radius 3 is 2.56 bits per heavy atom. The lowest BCUT2D eigenvalue weighted by Gasteiger charge is -2.22. The van der Waals surface area contributed by atoms with E-state index in [2.05, 4.69) is 61.3 Å². The number of rotatable bonds is 5. The van der Waals surface area contributed by atoms with Gasteiger partial charge in [-0.2, -0.15) is 5.10 Å². The molecule has 3 aromatic rings. The lowest BCUT2D eigenvalue weighted by Crippen LogP contribution is -2.31. The second kappa shape index (κ2) is 7.74. The van der Waals surface area contributed by atoms with Crippen molar-refractivity contribution >= 4 is 5.91 Å². The van der Waals surface area contributed by atoms with Crippen molar-refractivity contribution in [3.05, 3.63) is 82.4 Å². The second-order valence-electron chi connectivity index (χ2n) is 7.29. The normalized spacial score (nSPS) is 12.2. The Labute approximate surface area is 160 Å². The van der Waals surface area contributed by atoms with Crippen LogP contribution in [0.3, 0.4) is 0 Å². The summed E-state index contributed by atoms with van der Waals surface area (Å²) in [6, 6.07) is 11.8. The second-order valence-corrected chi connectivity index (χ2v) is 7.29. The molecule has 1 N–H and O–H groups in total. The van der Waals surface area contributed by atoms with Crippen LogP contribution in [0, 0.1) is 13.8 Å². The number of carbonyl (C=O) groups excluding carboxylic acids is 1. The predicted molar refractivity (Wildman–Crippen MR) is 107 cm³/mol. The van der Waals surface area contributed by atoms with Gasteiger partial charge in [0.05, 0.1) is 11.7 Å². The van der Waals surface area contributed by atoms with Crippen LogP contribution in [0.5, 0.6) is 0 Å². The summed E-state index contributed by atoms with van der Waals surface area (Å²) in [5.74, 6) is 0.123. The minimum absolute atomic E-state index is 0.147. The summed E-state index contributed by atoms with van der Waals surface area (Å²) in [6.07, 6.45) is 3.54. The van der Waals surface area contributed by atoms with E-state index in [0.29, 0.717) is 5.69 Å². The van der Waals surface area contributed by atoms with Crippen molar-refractivity contribution in [3.63, 3.8) is 0 Å². The molecular weight excluding hydrogens is 336 g/mol. The number of benzene rings is 1. The Morgan fingerprint density at radius 2 is 1.93 bits per heavy atom. The van der Waals surface area contributed by atoms with Crippen LogP contribution in [0.2, 0.25) is 0 Å². The molecule has 0 aliphatic carbocycles. The molecule has 0 saturated heterocycles. The summed E-state index contributed by atoms with van der Waals surface area (Å²) in [4.78, 5) is 17.3. The summed E-state index contributed by atoms with van der Waals surface area (Å²) < 4.78 is 1.65. The highest BCUT2D eigenvalue weighted by molar-refractivity contribution is 5.93. The van der Waals surface area contributed by atoms with Gasteiger partial charge in [-0.15, -0.1) is 0 Å². The SMILES string of the molecule is Cc1ccc(C)c([C@H](NC(=O)c2cc(C(C)C)nn2C)c2cccnc2)c1. The molecule has 0 fully saturated rings. The summed E-state index contributed by atoms with van der Waals surface area (Å²) in [5.41, 5.74) is 5.77. The van der Waals surface area contributed by atoms with E-state index in [9.17, 15) is 4.79 Å². The zero-order valence-corrected chi connectivity index (χ0v) is 16.5. The number of amides is 1. The fourth-order valence-corrected chi connectivity index (χ4v) is 3.15. The highest BCUT2D eigenvalue weighted by Crippen LogP contribution is 2.26. The zero-order chi connectivity index (χ0) is 19.6. The van der Waals surface area contributed by atoms with E-state index in [1.54, 1.807) is 24.1 Å². The molecule has 1 atom stereocenters. The van der Waals surface area contributed by atoms with Gasteiger partial charge in [0.15, 0.2) is 0 Å². The van der Waals surface area contributed by atoms with E-state index in [1.807, 2.05) is 18.2 Å². The average Bonchev–Trinajstić information content (AvgIpc) is 3.05. The summed E-state index contributed by atoms with van der Waals surface area (Å²) in [7, 11) is 1.80. The van der Waals surface area contributed by atoms with Crippen molar-refractivity contribution in [1.82, 2.24) is 20.1 Å². The molecule has 0 unspecified atom stereocenters. The van der Waals surface area contributed by atoms with E-state index in [4.69, 9.17) is 0 Å². The molecule has 1 aromatic carbocycles. The quantitative estimate of drug-likeness (QED) is 0.744. The number of hydrogen-bond acceptors (Lipinski definition) is 3. The van der Waals surface area contributed by atoms with Gasteiger partial charge in [-0.1, -0.05) is 43.7 Å². The van der Waals surface area contributed by atoms with Crippen LogP contribution < -0.4 is 5.32 Å². The summed E-state index contributed by atoms with van der Waals surface area (Å²) >= 11 is 0. The van der Waals surface area contributed by atoms with Gasteiger partial charge < -0.3 is 5.32 Å². The molecule has 2 heterocycles. The highest BCUT2D eigenvalue weighted by Gasteiger charge is 2.22. The summed E-state index contributed by atoms with van der Waals surface area (Å²) in [5, 5.41) is 7.65. The van der Waals surface area contributed by atoms with Gasteiger partial charge in [-0.25, -0.2) is 0 Å². The first-order valence-electron chi connectivity index (χ1n) is 9.18. The predicted octanol–water partition coefficient (Wildman–Crippen LogP) is 4.07. The Morgan fingerprint density at radius 1 is 1.15 bits per heavy atom. The van der Waals surface area contributed by atoms with Crippen molar-refractivity contribution in [2.75, 3.05) is 0 Å². The van der Waals surface area contributed by atoms with Crippen molar-refractivity contribution in [3.8, 4) is 0 Å². The van der Waals surface area contributed by atoms with Crippen LogP contribution in [0.15, 0.2) is 48.8 Å². The highest BCUT2D eigenvalue weighted by atomic mass is 16.2. The smallest absolute Gasteiger partial charge is 0.270 e. The lowest BCUT2D eigenvalue weighted by atomic mass is 9.94. The lowest BCUT2D eigenvalue weighted by molar-refractivity contribution is 0.0933. The van der Waals surface area contributed by atoms with Crippen LogP contribution in [0.1, 0.15) is 64.2 Å². The van der Waals surface area contributed by atoms with Gasteiger partial charge in [0.25, 0.3) is 5.91 Å². The molecule has 5 heteroatoms. The number of hydrogen-bond donors (Lipinski definition) is 1. The van der Waals surface area contributed by atoms with Gasteiger partial charge >= 0.3 is 0 Å². The molecule has 0 spiro atoms. The Balaban J connectivity index is 1.99. The maximum Gasteiger partial charge on any atom is 0.270 e. The molecule has 0 saturated carbocycles. The van der Waals surface area contributed by atoms with Crippen LogP contribution >= 0.6 is 0 Å². The molecule has 140 valence electrons. The molecule has 0 radical (unpaired) electrons. The van der Waals surface area contributed by atoms with Crippen LogP contribution in [-0.2, 0) is 7.05 Å². The first-order valence-corrected chi connectivity index (χ1v) is 9.18. The maximum absolute atomic E-state index is 13.1. The third-order valence-corrected chi connectivity index (χ3v) is 4.76. The Hall–Kier alpha value is -2.95. The van der Waals surface area contributed by atoms with Crippen molar-refractivity contribution in [1.29, 1.82) is 0 Å². The van der Waals surface area contributed by atoms with Crippen LogP contribution in [-0.4, -0.2) is 20.7 Å². The standard InChI is InChI=1S/C22H26N4O/c1-14(2)19-12-20(26(5)25-19)22(27)24-21(17-7-6-10-23-13-17)18-11-15(3)8-9-16(18)4/h6-14,21H,1-5H3,(H,24,27)/t21-/m1/s1. The molecular formula is C22H26N4O. The topological polar surface area (TPSA) is 59.8 Å². The van der Waals surface area contributed by atoms with Gasteiger partial charge in [0, 0.05) is 19.4 Å². The Bertz CT molecular complexity index is 944. The number of nitrogens with one attached hydrogen (secondary N) is 1. The molecule has 0 aliphatic heterocycles. The maximum atomic E-state index is 13.1. The minimum atomic E-state index is -0.275. The van der Waals surface area contributed by atoms with Gasteiger partial charge in [0.1, 0.15) is 5.69 Å². The monoisotopic (exact) mass is 362 g/mol. The van der Waals surface area contributed by atoms with Crippen LogP contribution in [0.25, 0.3) is 0 Å². The molecule has 2 aromatic heterocycles. The van der Waals surface area contributed by atoms with Crippen molar-refractivity contribution in [2.45, 2.75) is 39.7 Å². The first-order chi connectivity index (χ1) is 12.9. The fourth-order valence-electron chi connectivity index (χ4n) is 3.15. The first kappa shape index (κ1) is 18.8. The molecule has 5 nitrogen and oxygen atoms in total. The number of aryl methyl sites for hydroxylation is 3.